The topological polar surface area (TPSA) is 0 Å². The Bertz CT molecular complexity index is 732. The molecule has 0 N–H and O–H groups in total. The third-order valence-corrected chi connectivity index (χ3v) is 4.28. The minimum absolute atomic E-state index is 1.06. The molecule has 0 nitrogen and oxygen atoms in total. The zero-order valence-electron chi connectivity index (χ0n) is 13.3. The monoisotopic (exact) mass is 286 g/mol. The van der Waals surface area contributed by atoms with E-state index in [1.165, 1.54) is 33.4 Å². The molecule has 3 aromatic rings. The summed E-state index contributed by atoms with van der Waals surface area (Å²) in [6, 6.07) is 26.2. The first kappa shape index (κ1) is 14.6. The van der Waals surface area contributed by atoms with E-state index in [-0.39, 0.29) is 0 Å². The summed E-state index contributed by atoms with van der Waals surface area (Å²) in [7, 11) is 0. The lowest BCUT2D eigenvalue weighted by molar-refractivity contribution is 1.09. The molecule has 0 aliphatic rings. The van der Waals surface area contributed by atoms with Crippen molar-refractivity contribution in [3.8, 4) is 22.3 Å². The Morgan fingerprint density at radius 2 is 1.09 bits per heavy atom. The SMILES string of the molecule is CCc1cccc(CC)c1-c1ccccc1-c1ccccc1. The van der Waals surface area contributed by atoms with Crippen molar-refractivity contribution in [2.24, 2.45) is 0 Å². The molecule has 0 unspecified atom stereocenters. The van der Waals surface area contributed by atoms with E-state index < -0.39 is 0 Å². The highest BCUT2D eigenvalue weighted by Crippen LogP contribution is 2.36. The van der Waals surface area contributed by atoms with Crippen LogP contribution in [0, 0.1) is 0 Å². The average Bonchev–Trinajstić information content (AvgIpc) is 2.61. The molecular weight excluding hydrogens is 264 g/mol. The van der Waals surface area contributed by atoms with Crippen LogP contribution in [0.25, 0.3) is 22.3 Å². The van der Waals surface area contributed by atoms with Gasteiger partial charge in [0, 0.05) is 0 Å². The molecule has 0 aliphatic heterocycles. The second-order valence-electron chi connectivity index (χ2n) is 5.57. The first-order valence-electron chi connectivity index (χ1n) is 8.10. The van der Waals surface area contributed by atoms with Crippen LogP contribution in [0.3, 0.4) is 0 Å². The minimum Gasteiger partial charge on any atom is -0.0622 e. The van der Waals surface area contributed by atoms with Crippen LogP contribution in [-0.4, -0.2) is 0 Å². The lowest BCUT2D eigenvalue weighted by atomic mass is 9.87. The maximum Gasteiger partial charge on any atom is -0.00999 e. The molecule has 0 aromatic heterocycles. The molecule has 0 fully saturated rings. The third kappa shape index (κ3) is 2.69. The predicted molar refractivity (Wildman–Crippen MR) is 96.1 cm³/mol. The normalized spacial score (nSPS) is 10.6. The van der Waals surface area contributed by atoms with Crippen LogP contribution in [0.2, 0.25) is 0 Å². The molecule has 0 radical (unpaired) electrons. The van der Waals surface area contributed by atoms with Crippen molar-refractivity contribution in [2.75, 3.05) is 0 Å². The molecule has 0 bridgehead atoms. The van der Waals surface area contributed by atoms with Gasteiger partial charge in [0.2, 0.25) is 0 Å². The van der Waals surface area contributed by atoms with Gasteiger partial charge in [0.25, 0.3) is 0 Å². The maximum atomic E-state index is 2.26. The first-order valence-corrected chi connectivity index (χ1v) is 8.10. The van der Waals surface area contributed by atoms with Crippen LogP contribution in [0.15, 0.2) is 72.8 Å². The summed E-state index contributed by atoms with van der Waals surface area (Å²) in [5, 5.41) is 0. The van der Waals surface area contributed by atoms with E-state index in [1.54, 1.807) is 0 Å². The number of rotatable bonds is 4. The maximum absolute atomic E-state index is 2.26. The highest BCUT2D eigenvalue weighted by molar-refractivity contribution is 5.86. The van der Waals surface area contributed by atoms with Crippen LogP contribution in [-0.2, 0) is 12.8 Å². The van der Waals surface area contributed by atoms with Gasteiger partial charge in [-0.15, -0.1) is 0 Å². The van der Waals surface area contributed by atoms with Gasteiger partial charge in [0.15, 0.2) is 0 Å². The second-order valence-corrected chi connectivity index (χ2v) is 5.57. The van der Waals surface area contributed by atoms with Gasteiger partial charge in [-0.1, -0.05) is 86.6 Å². The first-order chi connectivity index (χ1) is 10.8. The summed E-state index contributed by atoms with van der Waals surface area (Å²) < 4.78 is 0. The lowest BCUT2D eigenvalue weighted by Crippen LogP contribution is -1.96. The van der Waals surface area contributed by atoms with Crippen LogP contribution in [0.1, 0.15) is 25.0 Å². The Balaban J connectivity index is 2.27. The largest absolute Gasteiger partial charge is 0.0622 e. The van der Waals surface area contributed by atoms with Crippen LogP contribution >= 0.6 is 0 Å². The van der Waals surface area contributed by atoms with Crippen LogP contribution in [0.5, 0.6) is 0 Å². The van der Waals surface area contributed by atoms with E-state index in [9.17, 15) is 0 Å². The number of hydrogen-bond donors (Lipinski definition) is 0. The summed E-state index contributed by atoms with van der Waals surface area (Å²) >= 11 is 0. The molecule has 0 saturated carbocycles. The van der Waals surface area contributed by atoms with Gasteiger partial charge in [-0.05, 0) is 46.2 Å². The summed E-state index contributed by atoms with van der Waals surface area (Å²) in [5.74, 6) is 0. The van der Waals surface area contributed by atoms with Crippen molar-refractivity contribution in [1.82, 2.24) is 0 Å². The van der Waals surface area contributed by atoms with E-state index in [0.717, 1.165) is 12.8 Å². The molecule has 22 heavy (non-hydrogen) atoms. The molecule has 3 rings (SSSR count). The molecule has 0 heteroatoms. The van der Waals surface area contributed by atoms with E-state index in [2.05, 4.69) is 86.6 Å². The Kier molecular flexibility index (Phi) is 4.39. The zero-order valence-corrected chi connectivity index (χ0v) is 13.3. The quantitative estimate of drug-likeness (QED) is 0.540. The third-order valence-electron chi connectivity index (χ3n) is 4.28. The highest BCUT2D eigenvalue weighted by atomic mass is 14.2. The fraction of sp³-hybridized carbons (Fsp3) is 0.182. The molecule has 110 valence electrons. The van der Waals surface area contributed by atoms with Crippen molar-refractivity contribution in [1.29, 1.82) is 0 Å². The Morgan fingerprint density at radius 3 is 1.68 bits per heavy atom. The van der Waals surface area contributed by atoms with E-state index >= 15 is 0 Å². The minimum atomic E-state index is 1.06. The average molecular weight is 286 g/mol. The van der Waals surface area contributed by atoms with Gasteiger partial charge in [0.1, 0.15) is 0 Å². The predicted octanol–water partition coefficient (Wildman–Crippen LogP) is 6.15. The summed E-state index contributed by atoms with van der Waals surface area (Å²) in [5.41, 5.74) is 8.24. The van der Waals surface area contributed by atoms with E-state index in [4.69, 9.17) is 0 Å². The van der Waals surface area contributed by atoms with Crippen LogP contribution in [0.4, 0.5) is 0 Å². The highest BCUT2D eigenvalue weighted by Gasteiger charge is 2.13. The molecule has 0 atom stereocenters. The molecule has 0 heterocycles. The van der Waals surface area contributed by atoms with Crippen molar-refractivity contribution in [3.63, 3.8) is 0 Å². The van der Waals surface area contributed by atoms with Crippen molar-refractivity contribution in [2.45, 2.75) is 26.7 Å². The zero-order chi connectivity index (χ0) is 15.4. The van der Waals surface area contributed by atoms with Gasteiger partial charge in [-0.25, -0.2) is 0 Å². The molecule has 0 aliphatic carbocycles. The van der Waals surface area contributed by atoms with Crippen LogP contribution < -0.4 is 0 Å². The molecule has 3 aromatic carbocycles. The van der Waals surface area contributed by atoms with E-state index in [0.29, 0.717) is 0 Å². The molecule has 0 spiro atoms. The van der Waals surface area contributed by atoms with Gasteiger partial charge in [-0.3, -0.25) is 0 Å². The second kappa shape index (κ2) is 6.62. The van der Waals surface area contributed by atoms with Crippen molar-refractivity contribution in [3.05, 3.63) is 83.9 Å². The summed E-state index contributed by atoms with van der Waals surface area (Å²) in [4.78, 5) is 0. The Hall–Kier alpha value is -2.34. The number of hydrogen-bond acceptors (Lipinski definition) is 0. The molecular formula is C22H22. The fourth-order valence-corrected chi connectivity index (χ4v) is 3.16. The smallest absolute Gasteiger partial charge is 0.00999 e. The number of aryl methyl sites for hydroxylation is 2. The van der Waals surface area contributed by atoms with Gasteiger partial charge >= 0.3 is 0 Å². The fourth-order valence-electron chi connectivity index (χ4n) is 3.16. The van der Waals surface area contributed by atoms with Crippen molar-refractivity contribution >= 4 is 0 Å². The number of benzene rings is 3. The van der Waals surface area contributed by atoms with Gasteiger partial charge in [-0.2, -0.15) is 0 Å². The Morgan fingerprint density at radius 1 is 0.545 bits per heavy atom. The molecule has 0 saturated heterocycles. The summed E-state index contributed by atoms with van der Waals surface area (Å²) in [6.07, 6.45) is 2.12. The van der Waals surface area contributed by atoms with Crippen molar-refractivity contribution < 1.29 is 0 Å². The van der Waals surface area contributed by atoms with Gasteiger partial charge in [0.05, 0.1) is 0 Å². The molecule has 0 amide bonds. The Labute approximate surface area is 133 Å². The lowest BCUT2D eigenvalue weighted by Gasteiger charge is -2.17. The van der Waals surface area contributed by atoms with Gasteiger partial charge < -0.3 is 0 Å². The standard InChI is InChI=1S/C22H22/c1-3-17-13-10-14-18(4-2)22(17)21-16-9-8-15-20(21)19-11-6-5-7-12-19/h5-16H,3-4H2,1-2H3. The summed E-state index contributed by atoms with van der Waals surface area (Å²) in [6.45, 7) is 4.48. The van der Waals surface area contributed by atoms with E-state index in [1.807, 2.05) is 0 Å².